The van der Waals surface area contributed by atoms with Crippen LogP contribution >= 0.6 is 0 Å². The highest BCUT2D eigenvalue weighted by Gasteiger charge is 2.41. The van der Waals surface area contributed by atoms with E-state index in [1.807, 2.05) is 6.07 Å². The number of hydrogen-bond acceptors (Lipinski definition) is 5. The summed E-state index contributed by atoms with van der Waals surface area (Å²) in [7, 11) is 0. The summed E-state index contributed by atoms with van der Waals surface area (Å²) in [6.07, 6.45) is 4.04. The SMILES string of the molecule is O=C(OCc1nc2ccccc2c(=O)[nH]1)C1C[C@H]2CCC[C@@H](C1)C2=O. The summed E-state index contributed by atoms with van der Waals surface area (Å²) in [5.41, 5.74) is 0.338. The van der Waals surface area contributed by atoms with Gasteiger partial charge in [0, 0.05) is 11.8 Å². The number of aromatic nitrogens is 2. The molecule has 25 heavy (non-hydrogen) atoms. The van der Waals surface area contributed by atoms with E-state index in [1.54, 1.807) is 18.2 Å². The minimum atomic E-state index is -0.291. The summed E-state index contributed by atoms with van der Waals surface area (Å²) in [6, 6.07) is 7.04. The molecule has 2 bridgehead atoms. The van der Waals surface area contributed by atoms with Crippen LogP contribution in [0.1, 0.15) is 37.9 Å². The fourth-order valence-electron chi connectivity index (χ4n) is 4.13. The molecule has 2 saturated carbocycles. The maximum Gasteiger partial charge on any atom is 0.309 e. The number of ether oxygens (including phenoxy) is 1. The number of H-pyrrole nitrogens is 1. The number of benzene rings is 1. The van der Waals surface area contributed by atoms with Crippen LogP contribution in [0.3, 0.4) is 0 Å². The minimum absolute atomic E-state index is 0.0173. The number of para-hydroxylation sites is 1. The van der Waals surface area contributed by atoms with E-state index in [2.05, 4.69) is 9.97 Å². The first-order valence-electron chi connectivity index (χ1n) is 8.80. The number of carbonyl (C=O) groups is 2. The number of ketones is 1. The van der Waals surface area contributed by atoms with E-state index in [9.17, 15) is 14.4 Å². The van der Waals surface area contributed by atoms with Crippen LogP contribution in [0.25, 0.3) is 10.9 Å². The summed E-state index contributed by atoms with van der Waals surface area (Å²) in [4.78, 5) is 43.6. The monoisotopic (exact) mass is 340 g/mol. The van der Waals surface area contributed by atoms with E-state index in [0.29, 0.717) is 35.4 Å². The Balaban J connectivity index is 1.44. The second-order valence-corrected chi connectivity index (χ2v) is 7.03. The molecule has 6 nitrogen and oxygen atoms in total. The van der Waals surface area contributed by atoms with Crippen molar-refractivity contribution in [1.29, 1.82) is 0 Å². The molecule has 3 atom stereocenters. The van der Waals surface area contributed by atoms with Crippen LogP contribution < -0.4 is 5.56 Å². The van der Waals surface area contributed by atoms with E-state index in [1.165, 1.54) is 0 Å². The van der Waals surface area contributed by atoms with Gasteiger partial charge in [-0.2, -0.15) is 0 Å². The number of nitrogens with one attached hydrogen (secondary N) is 1. The van der Waals surface area contributed by atoms with Crippen LogP contribution in [0.4, 0.5) is 0 Å². The van der Waals surface area contributed by atoms with Gasteiger partial charge in [0.05, 0.1) is 16.8 Å². The summed E-state index contributed by atoms with van der Waals surface area (Å²) in [5.74, 6) is 0.188. The van der Waals surface area contributed by atoms with Crippen molar-refractivity contribution in [3.8, 4) is 0 Å². The zero-order valence-electron chi connectivity index (χ0n) is 13.9. The van der Waals surface area contributed by atoms with Crippen LogP contribution in [0.5, 0.6) is 0 Å². The highest BCUT2D eigenvalue weighted by Crippen LogP contribution is 2.40. The number of Topliss-reactive ketones (excluding diaryl/α,β-unsaturated/α-hetero) is 1. The first-order chi connectivity index (χ1) is 12.1. The van der Waals surface area contributed by atoms with Gasteiger partial charge in [0.2, 0.25) is 0 Å². The van der Waals surface area contributed by atoms with Crippen molar-refractivity contribution >= 4 is 22.7 Å². The lowest BCUT2D eigenvalue weighted by Gasteiger charge is -2.36. The Morgan fingerprint density at radius 1 is 1.16 bits per heavy atom. The molecule has 0 saturated heterocycles. The van der Waals surface area contributed by atoms with Crippen LogP contribution in [0.15, 0.2) is 29.1 Å². The maximum absolute atomic E-state index is 12.4. The van der Waals surface area contributed by atoms with E-state index < -0.39 is 0 Å². The number of esters is 1. The number of hydrogen-bond donors (Lipinski definition) is 1. The predicted molar refractivity (Wildman–Crippen MR) is 90.7 cm³/mol. The highest BCUT2D eigenvalue weighted by molar-refractivity contribution is 5.87. The van der Waals surface area contributed by atoms with Gasteiger partial charge >= 0.3 is 5.97 Å². The number of nitrogens with zero attached hydrogens (tertiary/aromatic N) is 1. The Hall–Kier alpha value is -2.50. The molecule has 2 aromatic rings. The molecule has 6 heteroatoms. The smallest absolute Gasteiger partial charge is 0.309 e. The highest BCUT2D eigenvalue weighted by atomic mass is 16.5. The Morgan fingerprint density at radius 2 is 1.88 bits per heavy atom. The maximum atomic E-state index is 12.4. The number of rotatable bonds is 3. The molecule has 2 fully saturated rings. The van der Waals surface area contributed by atoms with E-state index in [4.69, 9.17) is 4.74 Å². The molecule has 0 aliphatic heterocycles. The van der Waals surface area contributed by atoms with Crippen molar-refractivity contribution in [3.05, 3.63) is 40.4 Å². The molecule has 0 radical (unpaired) electrons. The zero-order valence-corrected chi connectivity index (χ0v) is 13.9. The fourth-order valence-corrected chi connectivity index (χ4v) is 4.13. The van der Waals surface area contributed by atoms with Crippen molar-refractivity contribution in [1.82, 2.24) is 9.97 Å². The second kappa shape index (κ2) is 6.43. The van der Waals surface area contributed by atoms with Gasteiger partial charge in [-0.05, 0) is 37.8 Å². The molecule has 1 heterocycles. The Morgan fingerprint density at radius 3 is 2.64 bits per heavy atom. The lowest BCUT2D eigenvalue weighted by atomic mass is 9.67. The minimum Gasteiger partial charge on any atom is -0.457 e. The Bertz CT molecular complexity index is 872. The average Bonchev–Trinajstić information content (AvgIpc) is 2.59. The van der Waals surface area contributed by atoms with Crippen LogP contribution in [0, 0.1) is 17.8 Å². The molecule has 1 aromatic carbocycles. The van der Waals surface area contributed by atoms with E-state index in [-0.39, 0.29) is 35.9 Å². The van der Waals surface area contributed by atoms with Gasteiger partial charge in [-0.3, -0.25) is 14.4 Å². The van der Waals surface area contributed by atoms with Gasteiger partial charge < -0.3 is 9.72 Å². The van der Waals surface area contributed by atoms with Crippen LogP contribution in [-0.2, 0) is 20.9 Å². The lowest BCUT2D eigenvalue weighted by molar-refractivity contribution is -0.155. The molecule has 1 N–H and O–H groups in total. The summed E-state index contributed by atoms with van der Waals surface area (Å²) in [6.45, 7) is -0.0569. The number of carbonyl (C=O) groups excluding carboxylic acids is 2. The average molecular weight is 340 g/mol. The van der Waals surface area contributed by atoms with Gasteiger partial charge in [0.25, 0.3) is 5.56 Å². The topological polar surface area (TPSA) is 89.1 Å². The van der Waals surface area contributed by atoms with Crippen molar-refractivity contribution < 1.29 is 14.3 Å². The molecule has 2 aliphatic carbocycles. The van der Waals surface area contributed by atoms with Gasteiger partial charge in [0.15, 0.2) is 0 Å². The fraction of sp³-hybridized carbons (Fsp3) is 0.474. The third kappa shape index (κ3) is 3.08. The summed E-state index contributed by atoms with van der Waals surface area (Å²) >= 11 is 0. The molecular weight excluding hydrogens is 320 g/mol. The van der Waals surface area contributed by atoms with Crippen molar-refractivity contribution in [2.24, 2.45) is 17.8 Å². The summed E-state index contributed by atoms with van der Waals surface area (Å²) < 4.78 is 5.39. The standard InChI is InChI=1S/C19H20N2O4/c22-17-11-4-3-5-12(17)9-13(8-11)19(24)25-10-16-20-15-7-2-1-6-14(15)18(23)21-16/h1-2,6-7,11-13H,3-5,8-10H2,(H,20,21,23)/t11-,12+,13?. The molecule has 4 rings (SSSR count). The van der Waals surface area contributed by atoms with Crippen LogP contribution in [-0.4, -0.2) is 21.7 Å². The zero-order chi connectivity index (χ0) is 17.4. The summed E-state index contributed by atoms with van der Waals surface area (Å²) in [5, 5.41) is 0.510. The van der Waals surface area contributed by atoms with Crippen LogP contribution in [0.2, 0.25) is 0 Å². The Labute approximate surface area is 144 Å². The molecular formula is C19H20N2O4. The number of fused-ring (bicyclic) bond motifs is 3. The Kier molecular flexibility index (Phi) is 4.11. The molecule has 2 aliphatic rings. The second-order valence-electron chi connectivity index (χ2n) is 7.03. The third-order valence-corrected chi connectivity index (χ3v) is 5.39. The van der Waals surface area contributed by atoms with E-state index in [0.717, 1.165) is 19.3 Å². The van der Waals surface area contributed by atoms with E-state index >= 15 is 0 Å². The molecule has 1 unspecified atom stereocenters. The van der Waals surface area contributed by atoms with Gasteiger partial charge in [-0.15, -0.1) is 0 Å². The molecule has 0 spiro atoms. The molecule has 0 amide bonds. The largest absolute Gasteiger partial charge is 0.457 e. The third-order valence-electron chi connectivity index (χ3n) is 5.39. The first kappa shape index (κ1) is 16.0. The van der Waals surface area contributed by atoms with Gasteiger partial charge in [-0.25, -0.2) is 4.98 Å². The normalized spacial score (nSPS) is 25.8. The molecule has 1 aromatic heterocycles. The van der Waals surface area contributed by atoms with Gasteiger partial charge in [0.1, 0.15) is 18.2 Å². The predicted octanol–water partition coefficient (Wildman–Crippen LogP) is 2.36. The van der Waals surface area contributed by atoms with Crippen molar-refractivity contribution in [3.63, 3.8) is 0 Å². The number of aromatic amines is 1. The van der Waals surface area contributed by atoms with Crippen molar-refractivity contribution in [2.45, 2.75) is 38.7 Å². The lowest BCUT2D eigenvalue weighted by Crippen LogP contribution is -2.39. The first-order valence-corrected chi connectivity index (χ1v) is 8.80. The molecule has 130 valence electrons. The quantitative estimate of drug-likeness (QED) is 0.867. The van der Waals surface area contributed by atoms with Gasteiger partial charge in [-0.1, -0.05) is 18.6 Å². The van der Waals surface area contributed by atoms with Crippen molar-refractivity contribution in [2.75, 3.05) is 0 Å².